The van der Waals surface area contributed by atoms with Crippen LogP contribution >= 0.6 is 0 Å². The average Bonchev–Trinajstić information content (AvgIpc) is 2.42. The highest BCUT2D eigenvalue weighted by molar-refractivity contribution is 5.76. The van der Waals surface area contributed by atoms with Gasteiger partial charge in [-0.05, 0) is 19.1 Å². The van der Waals surface area contributed by atoms with Crippen LogP contribution in [0.4, 0.5) is 0 Å². The summed E-state index contributed by atoms with van der Waals surface area (Å²) in [6, 6.07) is 7.85. The lowest BCUT2D eigenvalue weighted by Gasteiger charge is -2.26. The van der Waals surface area contributed by atoms with Gasteiger partial charge < -0.3 is 14.4 Å². The van der Waals surface area contributed by atoms with Crippen molar-refractivity contribution in [1.29, 1.82) is 0 Å². The average molecular weight is 249 g/mol. The van der Waals surface area contributed by atoms with Crippen molar-refractivity contribution in [2.24, 2.45) is 0 Å². The number of ether oxygens (including phenoxy) is 2. The number of hydrogen-bond donors (Lipinski definition) is 0. The van der Waals surface area contributed by atoms with Crippen molar-refractivity contribution in [2.75, 3.05) is 32.9 Å². The standard InChI is InChI=1S/C14H19NO3/c1-12-2-4-13(5-3-12)18-9-6-14(16)15-7-10-17-11-8-15/h2-5H,6-11H2,1H3. The Morgan fingerprint density at radius 3 is 2.61 bits per heavy atom. The third-order valence-corrected chi connectivity index (χ3v) is 2.97. The van der Waals surface area contributed by atoms with Gasteiger partial charge in [0.2, 0.25) is 5.91 Å². The van der Waals surface area contributed by atoms with E-state index in [0.29, 0.717) is 39.3 Å². The number of hydrogen-bond acceptors (Lipinski definition) is 3. The van der Waals surface area contributed by atoms with Crippen LogP contribution in [0.3, 0.4) is 0 Å². The fourth-order valence-electron chi connectivity index (χ4n) is 1.86. The second-order valence-corrected chi connectivity index (χ2v) is 4.40. The zero-order valence-electron chi connectivity index (χ0n) is 10.7. The van der Waals surface area contributed by atoms with E-state index in [-0.39, 0.29) is 5.91 Å². The summed E-state index contributed by atoms with van der Waals surface area (Å²) in [5, 5.41) is 0. The number of morpholine rings is 1. The molecular formula is C14H19NO3. The van der Waals surface area contributed by atoms with Crippen LogP contribution < -0.4 is 4.74 Å². The number of carbonyl (C=O) groups is 1. The highest BCUT2D eigenvalue weighted by Crippen LogP contribution is 2.11. The Bertz CT molecular complexity index is 383. The van der Waals surface area contributed by atoms with Gasteiger partial charge in [0.25, 0.3) is 0 Å². The SMILES string of the molecule is Cc1ccc(OCCC(=O)N2CCOCC2)cc1. The van der Waals surface area contributed by atoms with Crippen molar-refractivity contribution in [3.8, 4) is 5.75 Å². The van der Waals surface area contributed by atoms with Gasteiger partial charge in [-0.3, -0.25) is 4.79 Å². The van der Waals surface area contributed by atoms with Crippen molar-refractivity contribution in [2.45, 2.75) is 13.3 Å². The number of aryl methyl sites for hydroxylation is 1. The summed E-state index contributed by atoms with van der Waals surface area (Å²) in [6.07, 6.45) is 0.424. The maximum atomic E-state index is 11.8. The van der Waals surface area contributed by atoms with Gasteiger partial charge in [-0.1, -0.05) is 17.7 Å². The highest BCUT2D eigenvalue weighted by atomic mass is 16.5. The summed E-state index contributed by atoms with van der Waals surface area (Å²) in [7, 11) is 0. The number of benzene rings is 1. The van der Waals surface area contributed by atoms with Crippen LogP contribution in [0.15, 0.2) is 24.3 Å². The molecule has 4 nitrogen and oxygen atoms in total. The van der Waals surface area contributed by atoms with Gasteiger partial charge in [-0.25, -0.2) is 0 Å². The smallest absolute Gasteiger partial charge is 0.226 e. The largest absolute Gasteiger partial charge is 0.493 e. The molecule has 1 aliphatic heterocycles. The molecule has 0 unspecified atom stereocenters. The molecule has 18 heavy (non-hydrogen) atoms. The van der Waals surface area contributed by atoms with E-state index in [1.807, 2.05) is 36.1 Å². The summed E-state index contributed by atoms with van der Waals surface area (Å²) in [5.74, 6) is 0.959. The Balaban J connectivity index is 1.71. The molecule has 0 saturated carbocycles. The molecule has 0 radical (unpaired) electrons. The van der Waals surface area contributed by atoms with Crippen LogP contribution in [0.2, 0.25) is 0 Å². The normalized spacial score (nSPS) is 15.5. The van der Waals surface area contributed by atoms with Crippen LogP contribution in [-0.4, -0.2) is 43.7 Å². The zero-order chi connectivity index (χ0) is 12.8. The minimum atomic E-state index is 0.144. The molecular weight excluding hydrogens is 230 g/mol. The van der Waals surface area contributed by atoms with Crippen LogP contribution in [-0.2, 0) is 9.53 Å². The van der Waals surface area contributed by atoms with Gasteiger partial charge in [0.1, 0.15) is 5.75 Å². The molecule has 1 heterocycles. The summed E-state index contributed by atoms with van der Waals surface area (Å²) in [6.45, 7) is 5.15. The minimum Gasteiger partial charge on any atom is -0.493 e. The lowest BCUT2D eigenvalue weighted by Crippen LogP contribution is -2.41. The number of amides is 1. The van der Waals surface area contributed by atoms with E-state index in [1.54, 1.807) is 0 Å². The summed E-state index contributed by atoms with van der Waals surface area (Å²) in [5.41, 5.74) is 1.20. The fourth-order valence-corrected chi connectivity index (χ4v) is 1.86. The molecule has 0 bridgehead atoms. The molecule has 0 N–H and O–H groups in total. The first-order chi connectivity index (χ1) is 8.75. The lowest BCUT2D eigenvalue weighted by atomic mass is 10.2. The van der Waals surface area contributed by atoms with Gasteiger partial charge in [-0.15, -0.1) is 0 Å². The first-order valence-electron chi connectivity index (χ1n) is 6.31. The molecule has 1 fully saturated rings. The molecule has 1 amide bonds. The van der Waals surface area contributed by atoms with E-state index in [0.717, 1.165) is 5.75 Å². The maximum absolute atomic E-state index is 11.8. The topological polar surface area (TPSA) is 38.8 Å². The summed E-state index contributed by atoms with van der Waals surface area (Å²) in [4.78, 5) is 13.7. The summed E-state index contributed by atoms with van der Waals surface area (Å²) < 4.78 is 10.8. The van der Waals surface area contributed by atoms with Crippen molar-refractivity contribution >= 4 is 5.91 Å². The Hall–Kier alpha value is -1.55. The van der Waals surface area contributed by atoms with Gasteiger partial charge in [0.15, 0.2) is 0 Å². The van der Waals surface area contributed by atoms with Crippen molar-refractivity contribution < 1.29 is 14.3 Å². The second-order valence-electron chi connectivity index (χ2n) is 4.40. The first kappa shape index (κ1) is 12.9. The van der Waals surface area contributed by atoms with Crippen molar-refractivity contribution in [3.63, 3.8) is 0 Å². The molecule has 0 atom stereocenters. The number of rotatable bonds is 4. The molecule has 4 heteroatoms. The van der Waals surface area contributed by atoms with Crippen molar-refractivity contribution in [1.82, 2.24) is 4.90 Å². The monoisotopic (exact) mass is 249 g/mol. The lowest BCUT2D eigenvalue weighted by molar-refractivity contribution is -0.135. The third-order valence-electron chi connectivity index (χ3n) is 2.97. The molecule has 1 saturated heterocycles. The Morgan fingerprint density at radius 2 is 1.94 bits per heavy atom. The quantitative estimate of drug-likeness (QED) is 0.814. The van der Waals surface area contributed by atoms with E-state index >= 15 is 0 Å². The number of nitrogens with zero attached hydrogens (tertiary/aromatic N) is 1. The van der Waals surface area contributed by atoms with Gasteiger partial charge >= 0.3 is 0 Å². The number of carbonyl (C=O) groups excluding carboxylic acids is 1. The van der Waals surface area contributed by atoms with Crippen LogP contribution in [0, 0.1) is 6.92 Å². The van der Waals surface area contributed by atoms with Gasteiger partial charge in [0.05, 0.1) is 26.2 Å². The minimum absolute atomic E-state index is 0.144. The van der Waals surface area contributed by atoms with Gasteiger partial charge in [0, 0.05) is 13.1 Å². The summed E-state index contributed by atoms with van der Waals surface area (Å²) >= 11 is 0. The fraction of sp³-hybridized carbons (Fsp3) is 0.500. The van der Waals surface area contributed by atoms with Crippen LogP contribution in [0.25, 0.3) is 0 Å². The van der Waals surface area contributed by atoms with E-state index in [4.69, 9.17) is 9.47 Å². The Kier molecular flexibility index (Phi) is 4.59. The molecule has 0 aromatic heterocycles. The predicted octanol–water partition coefficient (Wildman–Crippen LogP) is 1.62. The molecule has 0 spiro atoms. The van der Waals surface area contributed by atoms with E-state index in [9.17, 15) is 4.79 Å². The second kappa shape index (κ2) is 6.40. The molecule has 98 valence electrons. The van der Waals surface area contributed by atoms with Crippen LogP contribution in [0.5, 0.6) is 5.75 Å². The molecule has 0 aliphatic carbocycles. The van der Waals surface area contributed by atoms with Crippen molar-refractivity contribution in [3.05, 3.63) is 29.8 Å². The molecule has 2 rings (SSSR count). The molecule has 1 aromatic rings. The highest BCUT2D eigenvalue weighted by Gasteiger charge is 2.16. The predicted molar refractivity (Wildman–Crippen MR) is 68.7 cm³/mol. The van der Waals surface area contributed by atoms with E-state index < -0.39 is 0 Å². The molecule has 1 aromatic carbocycles. The van der Waals surface area contributed by atoms with E-state index in [2.05, 4.69) is 0 Å². The Morgan fingerprint density at radius 1 is 1.28 bits per heavy atom. The Labute approximate surface area is 107 Å². The first-order valence-corrected chi connectivity index (χ1v) is 6.31. The maximum Gasteiger partial charge on any atom is 0.226 e. The zero-order valence-corrected chi connectivity index (χ0v) is 10.7. The van der Waals surface area contributed by atoms with Crippen LogP contribution in [0.1, 0.15) is 12.0 Å². The molecule has 1 aliphatic rings. The van der Waals surface area contributed by atoms with E-state index in [1.165, 1.54) is 5.56 Å². The third kappa shape index (κ3) is 3.74. The van der Waals surface area contributed by atoms with Gasteiger partial charge in [-0.2, -0.15) is 0 Å².